The maximum absolute atomic E-state index is 12.4. The molecule has 0 aliphatic heterocycles. The second-order valence-corrected chi connectivity index (χ2v) is 6.21. The van der Waals surface area contributed by atoms with E-state index in [0.29, 0.717) is 27.7 Å². The van der Waals surface area contributed by atoms with Crippen molar-refractivity contribution in [2.24, 2.45) is 0 Å². The van der Waals surface area contributed by atoms with E-state index in [1.165, 1.54) is 0 Å². The molecule has 0 saturated heterocycles. The first kappa shape index (κ1) is 15.6. The molecule has 118 valence electrons. The lowest BCUT2D eigenvalue weighted by atomic mass is 10.1. The fourth-order valence-electron chi connectivity index (χ4n) is 2.20. The Morgan fingerprint density at radius 2 is 2.00 bits per heavy atom. The van der Waals surface area contributed by atoms with E-state index in [0.717, 1.165) is 11.1 Å². The SMILES string of the molecule is Cc1ccc(NC(=O)c2ccc3nc(C(C)C)oc3c2)cc1Cl. The fourth-order valence-corrected chi connectivity index (χ4v) is 2.39. The third kappa shape index (κ3) is 3.22. The summed E-state index contributed by atoms with van der Waals surface area (Å²) in [6.07, 6.45) is 0. The topological polar surface area (TPSA) is 55.1 Å². The Morgan fingerprint density at radius 1 is 1.22 bits per heavy atom. The number of hydrogen-bond donors (Lipinski definition) is 1. The number of amides is 1. The largest absolute Gasteiger partial charge is 0.440 e. The van der Waals surface area contributed by atoms with E-state index < -0.39 is 0 Å². The van der Waals surface area contributed by atoms with Gasteiger partial charge in [-0.3, -0.25) is 4.79 Å². The van der Waals surface area contributed by atoms with Gasteiger partial charge in [-0.15, -0.1) is 0 Å². The zero-order valence-corrected chi connectivity index (χ0v) is 13.9. The van der Waals surface area contributed by atoms with Crippen LogP contribution < -0.4 is 5.32 Å². The molecule has 1 heterocycles. The molecule has 0 saturated carbocycles. The number of benzene rings is 2. The first-order valence-electron chi connectivity index (χ1n) is 7.42. The van der Waals surface area contributed by atoms with Gasteiger partial charge in [0.05, 0.1) is 0 Å². The summed E-state index contributed by atoms with van der Waals surface area (Å²) in [5.74, 6) is 0.659. The molecule has 0 aliphatic rings. The summed E-state index contributed by atoms with van der Waals surface area (Å²) < 4.78 is 5.69. The monoisotopic (exact) mass is 328 g/mol. The third-order valence-corrected chi connectivity index (χ3v) is 4.00. The molecule has 1 N–H and O–H groups in total. The molecule has 0 unspecified atom stereocenters. The molecule has 0 aliphatic carbocycles. The molecule has 2 aromatic carbocycles. The zero-order valence-electron chi connectivity index (χ0n) is 13.2. The van der Waals surface area contributed by atoms with Crippen LogP contribution in [0.15, 0.2) is 40.8 Å². The van der Waals surface area contributed by atoms with Gasteiger partial charge in [0.1, 0.15) is 5.52 Å². The van der Waals surface area contributed by atoms with Crippen molar-refractivity contribution in [2.75, 3.05) is 5.32 Å². The number of nitrogens with zero attached hydrogens (tertiary/aromatic N) is 1. The summed E-state index contributed by atoms with van der Waals surface area (Å²) in [7, 11) is 0. The van der Waals surface area contributed by atoms with E-state index in [9.17, 15) is 4.79 Å². The lowest BCUT2D eigenvalue weighted by molar-refractivity contribution is 0.102. The predicted molar refractivity (Wildman–Crippen MR) is 92.2 cm³/mol. The summed E-state index contributed by atoms with van der Waals surface area (Å²) >= 11 is 6.08. The molecule has 0 spiro atoms. The van der Waals surface area contributed by atoms with Gasteiger partial charge in [0.15, 0.2) is 11.5 Å². The second kappa shape index (κ2) is 6.05. The molecule has 3 aromatic rings. The predicted octanol–water partition coefficient (Wildman–Crippen LogP) is 5.17. The maximum atomic E-state index is 12.4. The number of aromatic nitrogens is 1. The molecule has 5 heteroatoms. The second-order valence-electron chi connectivity index (χ2n) is 5.81. The van der Waals surface area contributed by atoms with Crippen LogP contribution in [0.4, 0.5) is 5.69 Å². The van der Waals surface area contributed by atoms with Crippen molar-refractivity contribution < 1.29 is 9.21 Å². The van der Waals surface area contributed by atoms with Gasteiger partial charge in [0.2, 0.25) is 0 Å². The van der Waals surface area contributed by atoms with Gasteiger partial charge in [-0.1, -0.05) is 31.5 Å². The Labute approximate surface area is 139 Å². The highest BCUT2D eigenvalue weighted by molar-refractivity contribution is 6.31. The van der Waals surface area contributed by atoms with Gasteiger partial charge in [-0.2, -0.15) is 0 Å². The van der Waals surface area contributed by atoms with Crippen molar-refractivity contribution in [3.05, 3.63) is 58.4 Å². The third-order valence-electron chi connectivity index (χ3n) is 3.59. The minimum Gasteiger partial charge on any atom is -0.440 e. The van der Waals surface area contributed by atoms with Crippen LogP contribution in [0.25, 0.3) is 11.1 Å². The summed E-state index contributed by atoms with van der Waals surface area (Å²) in [4.78, 5) is 16.8. The fraction of sp³-hybridized carbons (Fsp3) is 0.222. The van der Waals surface area contributed by atoms with Gasteiger partial charge < -0.3 is 9.73 Å². The number of oxazole rings is 1. The van der Waals surface area contributed by atoms with Gasteiger partial charge in [-0.25, -0.2) is 4.98 Å². The Balaban J connectivity index is 1.86. The van der Waals surface area contributed by atoms with Crippen LogP contribution in [0.2, 0.25) is 5.02 Å². The van der Waals surface area contributed by atoms with Crippen LogP contribution in [-0.4, -0.2) is 10.9 Å². The van der Waals surface area contributed by atoms with E-state index in [1.807, 2.05) is 32.9 Å². The quantitative estimate of drug-likeness (QED) is 0.722. The van der Waals surface area contributed by atoms with Gasteiger partial charge in [0, 0.05) is 22.2 Å². The van der Waals surface area contributed by atoms with Crippen LogP contribution in [0.3, 0.4) is 0 Å². The Hall–Kier alpha value is -2.33. The van der Waals surface area contributed by atoms with Crippen LogP contribution in [-0.2, 0) is 0 Å². The summed E-state index contributed by atoms with van der Waals surface area (Å²) in [6, 6.07) is 10.7. The van der Waals surface area contributed by atoms with Crippen LogP contribution in [0.5, 0.6) is 0 Å². The highest BCUT2D eigenvalue weighted by atomic mass is 35.5. The number of nitrogens with one attached hydrogen (secondary N) is 1. The molecule has 4 nitrogen and oxygen atoms in total. The number of fused-ring (bicyclic) bond motifs is 1. The van der Waals surface area contributed by atoms with E-state index >= 15 is 0 Å². The Kier molecular flexibility index (Phi) is 4.09. The number of anilines is 1. The molecular formula is C18H17ClN2O2. The number of aryl methyl sites for hydroxylation is 1. The number of carbonyl (C=O) groups is 1. The Morgan fingerprint density at radius 3 is 2.70 bits per heavy atom. The van der Waals surface area contributed by atoms with Crippen molar-refractivity contribution in [3.8, 4) is 0 Å². The minimum absolute atomic E-state index is 0.203. The summed E-state index contributed by atoms with van der Waals surface area (Å²) in [5, 5.41) is 3.46. The summed E-state index contributed by atoms with van der Waals surface area (Å²) in [5.41, 5.74) is 3.51. The smallest absolute Gasteiger partial charge is 0.255 e. The first-order chi connectivity index (χ1) is 10.9. The standard InChI is InChI=1S/C18H17ClN2O2/c1-10(2)18-21-15-7-5-12(8-16(15)23-18)17(22)20-13-6-4-11(3)14(19)9-13/h4-10H,1-3H3,(H,20,22). The van der Waals surface area contributed by atoms with Gasteiger partial charge in [-0.05, 0) is 42.8 Å². The van der Waals surface area contributed by atoms with Crippen molar-refractivity contribution in [1.82, 2.24) is 4.98 Å². The molecule has 23 heavy (non-hydrogen) atoms. The zero-order chi connectivity index (χ0) is 16.6. The molecule has 1 aromatic heterocycles. The van der Waals surface area contributed by atoms with Crippen molar-refractivity contribution in [1.29, 1.82) is 0 Å². The van der Waals surface area contributed by atoms with Gasteiger partial charge in [0.25, 0.3) is 5.91 Å². The van der Waals surface area contributed by atoms with Crippen molar-refractivity contribution in [2.45, 2.75) is 26.7 Å². The normalized spacial score (nSPS) is 11.2. The molecule has 0 atom stereocenters. The first-order valence-corrected chi connectivity index (χ1v) is 7.80. The van der Waals surface area contributed by atoms with E-state index in [1.54, 1.807) is 24.3 Å². The van der Waals surface area contributed by atoms with Gasteiger partial charge >= 0.3 is 0 Å². The summed E-state index contributed by atoms with van der Waals surface area (Å²) in [6.45, 7) is 5.94. The highest BCUT2D eigenvalue weighted by Crippen LogP contribution is 2.23. The number of rotatable bonds is 3. The molecule has 0 bridgehead atoms. The minimum atomic E-state index is -0.214. The van der Waals surface area contributed by atoms with Crippen molar-refractivity contribution >= 4 is 34.3 Å². The van der Waals surface area contributed by atoms with Crippen LogP contribution in [0, 0.1) is 6.92 Å². The van der Waals surface area contributed by atoms with Crippen LogP contribution >= 0.6 is 11.6 Å². The number of halogens is 1. The van der Waals surface area contributed by atoms with Crippen LogP contribution in [0.1, 0.15) is 41.6 Å². The molecule has 0 fully saturated rings. The molecule has 3 rings (SSSR count). The van der Waals surface area contributed by atoms with E-state index in [-0.39, 0.29) is 11.8 Å². The number of hydrogen-bond acceptors (Lipinski definition) is 3. The Bertz CT molecular complexity index is 884. The maximum Gasteiger partial charge on any atom is 0.255 e. The molecular weight excluding hydrogens is 312 g/mol. The average Bonchev–Trinajstić information content (AvgIpc) is 2.94. The van der Waals surface area contributed by atoms with Crippen molar-refractivity contribution in [3.63, 3.8) is 0 Å². The number of carbonyl (C=O) groups excluding carboxylic acids is 1. The average molecular weight is 329 g/mol. The molecule has 0 radical (unpaired) electrons. The lowest BCUT2D eigenvalue weighted by Crippen LogP contribution is -2.11. The van der Waals surface area contributed by atoms with E-state index in [2.05, 4.69) is 10.3 Å². The van der Waals surface area contributed by atoms with E-state index in [4.69, 9.17) is 16.0 Å². The lowest BCUT2D eigenvalue weighted by Gasteiger charge is -2.06. The molecule has 1 amide bonds. The highest BCUT2D eigenvalue weighted by Gasteiger charge is 2.13.